The predicted molar refractivity (Wildman–Crippen MR) is 83.3 cm³/mol. The van der Waals surface area contributed by atoms with Crippen molar-refractivity contribution in [3.8, 4) is 0 Å². The first-order chi connectivity index (χ1) is 10.5. The van der Waals surface area contributed by atoms with E-state index in [0.717, 1.165) is 25.9 Å². The molecule has 3 heterocycles. The molecule has 2 N–H and O–H groups in total. The van der Waals surface area contributed by atoms with Crippen LogP contribution in [0.15, 0.2) is 9.59 Å². The summed E-state index contributed by atoms with van der Waals surface area (Å²) in [5.41, 5.74) is -0.252. The summed E-state index contributed by atoms with van der Waals surface area (Å²) in [5.74, 6) is 0.655. The molecule has 1 fully saturated rings. The first-order valence-corrected chi connectivity index (χ1v) is 7.61. The van der Waals surface area contributed by atoms with Gasteiger partial charge in [0.05, 0.1) is 12.6 Å². The number of hydrogen-bond acceptors (Lipinski definition) is 5. The summed E-state index contributed by atoms with van der Waals surface area (Å²) in [6.07, 6.45) is 2.73. The largest absolute Gasteiger partial charge is 0.392 e. The van der Waals surface area contributed by atoms with Gasteiger partial charge in [-0.2, -0.15) is 4.98 Å². The zero-order chi connectivity index (χ0) is 15.9. The standard InChI is InChI=1S/C14H21N5O3/c1-9(20)8-19-10-11(17(2)14(22)16-12(10)21)15-13(19)18-6-4-3-5-7-18/h9,20H,3-8H2,1-2H3,(H,16,21,22)/t9-/m1/s1. The van der Waals surface area contributed by atoms with E-state index in [4.69, 9.17) is 0 Å². The molecule has 1 aliphatic rings. The molecule has 0 radical (unpaired) electrons. The minimum Gasteiger partial charge on any atom is -0.392 e. The van der Waals surface area contributed by atoms with Crippen molar-refractivity contribution >= 4 is 17.1 Å². The lowest BCUT2D eigenvalue weighted by atomic mass is 10.1. The van der Waals surface area contributed by atoms with E-state index in [2.05, 4.69) is 14.9 Å². The van der Waals surface area contributed by atoms with Crippen LogP contribution in [-0.2, 0) is 13.6 Å². The molecule has 2 aromatic rings. The number of H-pyrrole nitrogens is 1. The first kappa shape index (κ1) is 14.8. The maximum atomic E-state index is 12.2. The van der Waals surface area contributed by atoms with E-state index in [-0.39, 0.29) is 6.54 Å². The summed E-state index contributed by atoms with van der Waals surface area (Å²) in [7, 11) is 1.58. The lowest BCUT2D eigenvalue weighted by Gasteiger charge is -2.28. The van der Waals surface area contributed by atoms with Gasteiger partial charge < -0.3 is 14.6 Å². The Bertz CT molecular complexity index is 795. The van der Waals surface area contributed by atoms with Crippen LogP contribution < -0.4 is 16.1 Å². The Balaban J connectivity index is 2.26. The van der Waals surface area contributed by atoms with Crippen LogP contribution in [-0.4, -0.2) is 43.4 Å². The molecule has 0 aliphatic carbocycles. The molecule has 1 saturated heterocycles. The summed E-state index contributed by atoms with van der Waals surface area (Å²) in [5, 5.41) is 9.77. The van der Waals surface area contributed by atoms with Gasteiger partial charge in [0.15, 0.2) is 11.2 Å². The van der Waals surface area contributed by atoms with Gasteiger partial charge in [-0.25, -0.2) is 4.79 Å². The molecule has 8 heteroatoms. The normalized spacial score (nSPS) is 17.1. The number of aromatic nitrogens is 4. The number of nitrogens with zero attached hydrogens (tertiary/aromatic N) is 4. The smallest absolute Gasteiger partial charge is 0.329 e. The number of rotatable bonds is 3. The summed E-state index contributed by atoms with van der Waals surface area (Å²) < 4.78 is 3.06. The average Bonchev–Trinajstić information content (AvgIpc) is 2.85. The molecule has 22 heavy (non-hydrogen) atoms. The monoisotopic (exact) mass is 307 g/mol. The van der Waals surface area contributed by atoms with E-state index in [1.807, 2.05) is 0 Å². The number of nitrogens with one attached hydrogen (secondary N) is 1. The van der Waals surface area contributed by atoms with Crippen LogP contribution in [0, 0.1) is 0 Å². The molecular formula is C14H21N5O3. The number of fused-ring (bicyclic) bond motifs is 1. The molecule has 0 bridgehead atoms. The number of hydrogen-bond donors (Lipinski definition) is 2. The number of aliphatic hydroxyl groups excluding tert-OH is 1. The molecule has 120 valence electrons. The first-order valence-electron chi connectivity index (χ1n) is 7.61. The third-order valence-corrected chi connectivity index (χ3v) is 4.07. The van der Waals surface area contributed by atoms with Crippen LogP contribution >= 0.6 is 0 Å². The lowest BCUT2D eigenvalue weighted by Crippen LogP contribution is -2.33. The van der Waals surface area contributed by atoms with E-state index < -0.39 is 17.4 Å². The van der Waals surface area contributed by atoms with Crippen LogP contribution in [0.25, 0.3) is 11.2 Å². The van der Waals surface area contributed by atoms with Crippen molar-refractivity contribution in [3.63, 3.8) is 0 Å². The zero-order valence-electron chi connectivity index (χ0n) is 12.9. The van der Waals surface area contributed by atoms with Crippen LogP contribution in [0.3, 0.4) is 0 Å². The van der Waals surface area contributed by atoms with Crippen molar-refractivity contribution in [2.45, 2.75) is 38.8 Å². The minimum absolute atomic E-state index is 0.267. The maximum absolute atomic E-state index is 12.2. The van der Waals surface area contributed by atoms with Gasteiger partial charge in [-0.05, 0) is 26.2 Å². The number of piperidine rings is 1. The van der Waals surface area contributed by atoms with E-state index in [1.165, 1.54) is 11.0 Å². The Kier molecular flexibility index (Phi) is 3.78. The molecular weight excluding hydrogens is 286 g/mol. The van der Waals surface area contributed by atoms with Gasteiger partial charge in [0.1, 0.15) is 0 Å². The summed E-state index contributed by atoms with van der Waals surface area (Å²) >= 11 is 0. The van der Waals surface area contributed by atoms with Crippen molar-refractivity contribution in [2.24, 2.45) is 7.05 Å². The Morgan fingerprint density at radius 1 is 1.27 bits per heavy atom. The summed E-state index contributed by atoms with van der Waals surface area (Å²) in [4.78, 5) is 32.9. The van der Waals surface area contributed by atoms with Crippen molar-refractivity contribution in [1.82, 2.24) is 19.1 Å². The average molecular weight is 307 g/mol. The van der Waals surface area contributed by atoms with Crippen LogP contribution in [0.2, 0.25) is 0 Å². The van der Waals surface area contributed by atoms with Crippen molar-refractivity contribution in [1.29, 1.82) is 0 Å². The van der Waals surface area contributed by atoms with Crippen molar-refractivity contribution in [2.75, 3.05) is 18.0 Å². The summed E-state index contributed by atoms with van der Waals surface area (Å²) in [6.45, 7) is 3.68. The second kappa shape index (κ2) is 5.60. The van der Waals surface area contributed by atoms with Gasteiger partial charge in [-0.1, -0.05) is 0 Å². The van der Waals surface area contributed by atoms with E-state index in [0.29, 0.717) is 17.1 Å². The van der Waals surface area contributed by atoms with Gasteiger partial charge in [0.25, 0.3) is 5.56 Å². The molecule has 1 atom stereocenters. The SMILES string of the molecule is C[C@@H](O)Cn1c(N2CCCCC2)nc2c1c(=O)[nH]c(=O)n2C. The molecule has 0 saturated carbocycles. The van der Waals surface area contributed by atoms with Crippen molar-refractivity contribution in [3.05, 3.63) is 20.8 Å². The highest BCUT2D eigenvalue weighted by molar-refractivity contribution is 5.74. The number of imidazole rings is 1. The van der Waals surface area contributed by atoms with Gasteiger partial charge >= 0.3 is 5.69 Å². The molecule has 0 unspecified atom stereocenters. The van der Waals surface area contributed by atoms with Crippen LogP contribution in [0.5, 0.6) is 0 Å². The van der Waals surface area contributed by atoms with Gasteiger partial charge in [0, 0.05) is 20.1 Å². The quantitative estimate of drug-likeness (QED) is 0.818. The van der Waals surface area contributed by atoms with E-state index >= 15 is 0 Å². The third kappa shape index (κ3) is 2.43. The second-order valence-corrected chi connectivity index (χ2v) is 5.91. The highest BCUT2D eigenvalue weighted by Gasteiger charge is 2.23. The molecule has 3 rings (SSSR count). The number of anilines is 1. The second-order valence-electron chi connectivity index (χ2n) is 5.91. The summed E-state index contributed by atoms with van der Waals surface area (Å²) in [6, 6.07) is 0. The topological polar surface area (TPSA) is 96.2 Å². The van der Waals surface area contributed by atoms with E-state index in [1.54, 1.807) is 18.5 Å². The Morgan fingerprint density at radius 3 is 2.59 bits per heavy atom. The molecule has 8 nitrogen and oxygen atoms in total. The Hall–Kier alpha value is -2.09. The number of aromatic amines is 1. The van der Waals surface area contributed by atoms with Gasteiger partial charge in [0.2, 0.25) is 5.95 Å². The minimum atomic E-state index is -0.613. The fourth-order valence-electron chi connectivity index (χ4n) is 3.00. The fourth-order valence-corrected chi connectivity index (χ4v) is 3.00. The third-order valence-electron chi connectivity index (χ3n) is 4.07. The Labute approximate surface area is 127 Å². The van der Waals surface area contributed by atoms with Crippen LogP contribution in [0.1, 0.15) is 26.2 Å². The van der Waals surface area contributed by atoms with Crippen molar-refractivity contribution < 1.29 is 5.11 Å². The predicted octanol–water partition coefficient (Wildman–Crippen LogP) is -0.206. The fraction of sp³-hybridized carbons (Fsp3) is 0.643. The Morgan fingerprint density at radius 2 is 1.95 bits per heavy atom. The lowest BCUT2D eigenvalue weighted by molar-refractivity contribution is 0.175. The molecule has 0 aromatic carbocycles. The number of aryl methyl sites for hydroxylation is 1. The van der Waals surface area contributed by atoms with E-state index in [9.17, 15) is 14.7 Å². The zero-order valence-corrected chi connectivity index (χ0v) is 12.9. The number of aliphatic hydroxyl groups is 1. The maximum Gasteiger partial charge on any atom is 0.329 e. The highest BCUT2D eigenvalue weighted by Crippen LogP contribution is 2.23. The molecule has 2 aromatic heterocycles. The highest BCUT2D eigenvalue weighted by atomic mass is 16.3. The molecule has 0 spiro atoms. The molecule has 1 aliphatic heterocycles. The van der Waals surface area contributed by atoms with Crippen LogP contribution in [0.4, 0.5) is 5.95 Å². The van der Waals surface area contributed by atoms with Gasteiger partial charge in [-0.15, -0.1) is 0 Å². The van der Waals surface area contributed by atoms with Gasteiger partial charge in [-0.3, -0.25) is 14.3 Å². The molecule has 0 amide bonds.